The highest BCUT2D eigenvalue weighted by atomic mass is 32.2. The minimum atomic E-state index is -3.65. The van der Waals surface area contributed by atoms with Crippen molar-refractivity contribution in [3.63, 3.8) is 0 Å². The van der Waals surface area contributed by atoms with E-state index in [1.165, 1.54) is 11.3 Å². The fraction of sp³-hybridized carbons (Fsp3) is 0.312. The molecule has 0 bridgehead atoms. The van der Waals surface area contributed by atoms with Crippen LogP contribution < -0.4 is 10.0 Å². The van der Waals surface area contributed by atoms with E-state index in [9.17, 15) is 13.2 Å². The first-order chi connectivity index (χ1) is 10.8. The molecule has 1 heterocycles. The monoisotopic (exact) mass is 352 g/mol. The third-order valence-corrected chi connectivity index (χ3v) is 6.46. The number of hydrogen-bond donors (Lipinski definition) is 2. The van der Waals surface area contributed by atoms with Crippen molar-refractivity contribution in [2.45, 2.75) is 31.4 Å². The predicted molar refractivity (Wildman–Crippen MR) is 93.4 cm³/mol. The summed E-state index contributed by atoms with van der Waals surface area (Å²) in [7, 11) is -3.65. The van der Waals surface area contributed by atoms with Gasteiger partial charge in [-0.1, -0.05) is 19.1 Å². The molecule has 0 radical (unpaired) electrons. The molecule has 0 aliphatic carbocycles. The molecular weight excluding hydrogens is 332 g/mol. The summed E-state index contributed by atoms with van der Waals surface area (Å²) in [5.41, 5.74) is 2.65. The Labute approximate surface area is 140 Å². The number of thiophene rings is 1. The Kier molecular flexibility index (Phi) is 5.56. The van der Waals surface area contributed by atoms with Gasteiger partial charge in [-0.25, -0.2) is 13.1 Å². The maximum Gasteiger partial charge on any atom is 0.250 e. The van der Waals surface area contributed by atoms with Crippen molar-refractivity contribution in [3.05, 3.63) is 46.3 Å². The summed E-state index contributed by atoms with van der Waals surface area (Å²) in [6.07, 6.45) is 0.785. The first kappa shape index (κ1) is 17.7. The van der Waals surface area contributed by atoms with E-state index in [4.69, 9.17) is 0 Å². The quantitative estimate of drug-likeness (QED) is 0.839. The minimum Gasteiger partial charge on any atom is -0.325 e. The summed E-state index contributed by atoms with van der Waals surface area (Å²) < 4.78 is 26.9. The molecular formula is C16H20N2O3S2. The van der Waals surface area contributed by atoms with Crippen molar-refractivity contribution >= 4 is 33.0 Å². The molecule has 0 fully saturated rings. The SMILES string of the molecule is CCc1ccc(S(=O)(=O)NCC(=O)Nc2cc(C)ccc2C)s1. The Bertz CT molecular complexity index is 810. The second-order valence-corrected chi connectivity index (χ2v) is 8.43. The molecule has 7 heteroatoms. The molecule has 0 spiro atoms. The highest BCUT2D eigenvalue weighted by molar-refractivity contribution is 7.91. The fourth-order valence-electron chi connectivity index (χ4n) is 1.99. The lowest BCUT2D eigenvalue weighted by molar-refractivity contribution is -0.115. The van der Waals surface area contributed by atoms with E-state index in [1.807, 2.05) is 39.0 Å². The molecule has 23 heavy (non-hydrogen) atoms. The first-order valence-corrected chi connectivity index (χ1v) is 9.57. The first-order valence-electron chi connectivity index (χ1n) is 7.27. The van der Waals surface area contributed by atoms with Crippen LogP contribution in [0.15, 0.2) is 34.5 Å². The molecule has 1 aromatic carbocycles. The molecule has 2 rings (SSSR count). The maximum atomic E-state index is 12.2. The molecule has 0 atom stereocenters. The Morgan fingerprint density at radius 1 is 1.17 bits per heavy atom. The van der Waals surface area contributed by atoms with Crippen LogP contribution in [-0.2, 0) is 21.2 Å². The summed E-state index contributed by atoms with van der Waals surface area (Å²) in [4.78, 5) is 13.0. The lowest BCUT2D eigenvalue weighted by atomic mass is 10.1. The molecule has 2 aromatic rings. The van der Waals surface area contributed by atoms with E-state index in [-0.39, 0.29) is 10.8 Å². The smallest absolute Gasteiger partial charge is 0.250 e. The molecule has 0 saturated carbocycles. The van der Waals surface area contributed by atoms with Crippen molar-refractivity contribution in [2.24, 2.45) is 0 Å². The summed E-state index contributed by atoms with van der Waals surface area (Å²) in [5.74, 6) is -0.394. The van der Waals surface area contributed by atoms with Gasteiger partial charge in [0.1, 0.15) is 4.21 Å². The number of carbonyl (C=O) groups excluding carboxylic acids is 1. The minimum absolute atomic E-state index is 0.230. The van der Waals surface area contributed by atoms with Crippen molar-refractivity contribution in [1.82, 2.24) is 4.72 Å². The van der Waals surface area contributed by atoms with Crippen molar-refractivity contribution in [1.29, 1.82) is 0 Å². The fourth-order valence-corrected chi connectivity index (χ4v) is 4.31. The van der Waals surface area contributed by atoms with Gasteiger partial charge in [0.15, 0.2) is 0 Å². The Morgan fingerprint density at radius 2 is 1.91 bits per heavy atom. The highest BCUT2D eigenvalue weighted by Crippen LogP contribution is 2.21. The lowest BCUT2D eigenvalue weighted by Crippen LogP contribution is -2.32. The van der Waals surface area contributed by atoms with E-state index in [0.717, 1.165) is 22.4 Å². The van der Waals surface area contributed by atoms with E-state index >= 15 is 0 Å². The molecule has 124 valence electrons. The zero-order valence-electron chi connectivity index (χ0n) is 13.3. The predicted octanol–water partition coefficient (Wildman–Crippen LogP) is 2.84. The molecule has 1 amide bonds. The zero-order valence-corrected chi connectivity index (χ0v) is 15.0. The molecule has 1 aromatic heterocycles. The van der Waals surface area contributed by atoms with Gasteiger partial charge in [0.05, 0.1) is 6.54 Å². The average molecular weight is 352 g/mol. The summed E-state index contributed by atoms with van der Waals surface area (Å²) >= 11 is 1.22. The molecule has 0 unspecified atom stereocenters. The third-order valence-electron chi connectivity index (χ3n) is 3.34. The summed E-state index contributed by atoms with van der Waals surface area (Å²) in [6.45, 7) is 5.49. The number of anilines is 1. The van der Waals surface area contributed by atoms with Crippen LogP contribution in [-0.4, -0.2) is 20.9 Å². The number of sulfonamides is 1. The zero-order chi connectivity index (χ0) is 17.0. The van der Waals surface area contributed by atoms with E-state index in [1.54, 1.807) is 12.1 Å². The molecule has 0 saturated heterocycles. The average Bonchev–Trinajstić information content (AvgIpc) is 2.99. The van der Waals surface area contributed by atoms with Crippen molar-refractivity contribution in [3.8, 4) is 0 Å². The number of aryl methyl sites for hydroxylation is 3. The number of rotatable bonds is 6. The lowest BCUT2D eigenvalue weighted by Gasteiger charge is -2.10. The van der Waals surface area contributed by atoms with Crippen LogP contribution in [0.5, 0.6) is 0 Å². The van der Waals surface area contributed by atoms with Crippen molar-refractivity contribution in [2.75, 3.05) is 11.9 Å². The van der Waals surface area contributed by atoms with Gasteiger partial charge in [-0.05, 0) is 49.6 Å². The van der Waals surface area contributed by atoms with Gasteiger partial charge < -0.3 is 5.32 Å². The van der Waals surface area contributed by atoms with E-state index in [2.05, 4.69) is 10.0 Å². The van der Waals surface area contributed by atoms with Crippen LogP contribution in [0.3, 0.4) is 0 Å². The van der Waals surface area contributed by atoms with E-state index < -0.39 is 15.9 Å². The molecule has 0 aliphatic rings. The van der Waals surface area contributed by atoms with Crippen LogP contribution in [0.1, 0.15) is 22.9 Å². The van der Waals surface area contributed by atoms with Gasteiger partial charge >= 0.3 is 0 Å². The second kappa shape index (κ2) is 7.25. The van der Waals surface area contributed by atoms with Gasteiger partial charge in [0.2, 0.25) is 5.91 Å². The van der Waals surface area contributed by atoms with Gasteiger partial charge in [0.25, 0.3) is 10.0 Å². The molecule has 5 nitrogen and oxygen atoms in total. The third kappa shape index (κ3) is 4.63. The van der Waals surface area contributed by atoms with Gasteiger partial charge in [0, 0.05) is 10.6 Å². The van der Waals surface area contributed by atoms with Gasteiger partial charge in [-0.3, -0.25) is 4.79 Å². The summed E-state index contributed by atoms with van der Waals surface area (Å²) in [5, 5.41) is 2.73. The Hall–Kier alpha value is -1.70. The van der Waals surface area contributed by atoms with Crippen LogP contribution in [0.2, 0.25) is 0 Å². The van der Waals surface area contributed by atoms with Gasteiger partial charge in [-0.15, -0.1) is 11.3 Å². The summed E-state index contributed by atoms with van der Waals surface area (Å²) in [6, 6.07) is 9.07. The Balaban J connectivity index is 1.99. The highest BCUT2D eigenvalue weighted by Gasteiger charge is 2.18. The second-order valence-electron chi connectivity index (χ2n) is 5.27. The Morgan fingerprint density at radius 3 is 2.57 bits per heavy atom. The van der Waals surface area contributed by atoms with Gasteiger partial charge in [-0.2, -0.15) is 0 Å². The van der Waals surface area contributed by atoms with Crippen LogP contribution in [0.4, 0.5) is 5.69 Å². The van der Waals surface area contributed by atoms with Crippen LogP contribution in [0, 0.1) is 13.8 Å². The molecule has 2 N–H and O–H groups in total. The van der Waals surface area contributed by atoms with Crippen LogP contribution in [0.25, 0.3) is 0 Å². The number of benzene rings is 1. The topological polar surface area (TPSA) is 75.3 Å². The van der Waals surface area contributed by atoms with Crippen LogP contribution >= 0.6 is 11.3 Å². The largest absolute Gasteiger partial charge is 0.325 e. The standard InChI is InChI=1S/C16H20N2O3S2/c1-4-13-7-8-16(22-13)23(20,21)17-10-15(19)18-14-9-11(2)5-6-12(14)3/h5-9,17H,4,10H2,1-3H3,(H,18,19). The number of carbonyl (C=O) groups is 1. The molecule has 0 aliphatic heterocycles. The number of hydrogen-bond acceptors (Lipinski definition) is 4. The van der Waals surface area contributed by atoms with Crippen molar-refractivity contribution < 1.29 is 13.2 Å². The normalized spacial score (nSPS) is 11.4. The maximum absolute atomic E-state index is 12.2. The number of amides is 1. The van der Waals surface area contributed by atoms with E-state index in [0.29, 0.717) is 5.69 Å². The number of nitrogens with one attached hydrogen (secondary N) is 2.